The Bertz CT molecular complexity index is 861. The van der Waals surface area contributed by atoms with Gasteiger partial charge in [0.25, 0.3) is 11.8 Å². The number of amides is 3. The number of terminal acetylenes is 1. The first-order chi connectivity index (χ1) is 12.1. The van der Waals surface area contributed by atoms with Gasteiger partial charge in [-0.1, -0.05) is 24.1 Å². The maximum atomic E-state index is 12.2. The van der Waals surface area contributed by atoms with E-state index >= 15 is 0 Å². The van der Waals surface area contributed by atoms with Crippen molar-refractivity contribution in [2.75, 3.05) is 11.9 Å². The summed E-state index contributed by atoms with van der Waals surface area (Å²) >= 11 is 0. The Hall–Kier alpha value is -3.39. The first-order valence-electron chi connectivity index (χ1n) is 7.92. The highest BCUT2D eigenvalue weighted by molar-refractivity contribution is 6.21. The van der Waals surface area contributed by atoms with Crippen LogP contribution in [-0.4, -0.2) is 29.2 Å². The number of benzene rings is 2. The second kappa shape index (κ2) is 7.02. The van der Waals surface area contributed by atoms with E-state index in [4.69, 9.17) is 6.42 Å². The largest absolute Gasteiger partial charge is 0.326 e. The number of rotatable bonds is 5. The molecule has 0 saturated heterocycles. The maximum absolute atomic E-state index is 12.2. The van der Waals surface area contributed by atoms with Gasteiger partial charge in [0.1, 0.15) is 0 Å². The highest BCUT2D eigenvalue weighted by Gasteiger charge is 2.34. The quantitative estimate of drug-likeness (QED) is 0.676. The first kappa shape index (κ1) is 16.5. The molecule has 0 saturated carbocycles. The Morgan fingerprint density at radius 2 is 1.72 bits per heavy atom. The van der Waals surface area contributed by atoms with Crippen LogP contribution in [0, 0.1) is 12.3 Å². The fourth-order valence-electron chi connectivity index (χ4n) is 2.75. The number of hydrogen-bond acceptors (Lipinski definition) is 3. The van der Waals surface area contributed by atoms with Gasteiger partial charge in [-0.3, -0.25) is 19.3 Å². The Labute approximate surface area is 145 Å². The van der Waals surface area contributed by atoms with Crippen LogP contribution in [0.3, 0.4) is 0 Å². The van der Waals surface area contributed by atoms with Crippen LogP contribution in [0.15, 0.2) is 48.5 Å². The minimum atomic E-state index is -0.303. The molecule has 0 aliphatic carbocycles. The molecular weight excluding hydrogens is 316 g/mol. The number of fused-ring (bicyclic) bond motifs is 1. The normalized spacial score (nSPS) is 12.7. The van der Waals surface area contributed by atoms with Crippen molar-refractivity contribution in [1.82, 2.24) is 4.90 Å². The van der Waals surface area contributed by atoms with Crippen LogP contribution < -0.4 is 5.32 Å². The number of imide groups is 1. The molecule has 3 amide bonds. The van der Waals surface area contributed by atoms with Crippen LogP contribution in [0.4, 0.5) is 5.69 Å². The fraction of sp³-hybridized carbons (Fsp3) is 0.150. The Morgan fingerprint density at radius 3 is 2.36 bits per heavy atom. The van der Waals surface area contributed by atoms with E-state index in [1.807, 2.05) is 0 Å². The molecule has 5 heteroatoms. The molecule has 0 fully saturated rings. The van der Waals surface area contributed by atoms with Crippen molar-refractivity contribution in [3.05, 3.63) is 65.2 Å². The van der Waals surface area contributed by atoms with Gasteiger partial charge in [0.15, 0.2) is 0 Å². The lowest BCUT2D eigenvalue weighted by atomic mass is 10.1. The number of anilines is 1. The molecule has 2 aromatic rings. The summed E-state index contributed by atoms with van der Waals surface area (Å²) in [7, 11) is 0. The van der Waals surface area contributed by atoms with Crippen molar-refractivity contribution in [3.63, 3.8) is 0 Å². The molecule has 5 nitrogen and oxygen atoms in total. The van der Waals surface area contributed by atoms with Gasteiger partial charge in [-0.25, -0.2) is 0 Å². The lowest BCUT2D eigenvalue weighted by Crippen LogP contribution is -2.31. The lowest BCUT2D eigenvalue weighted by molar-refractivity contribution is -0.116. The molecule has 1 aliphatic heterocycles. The van der Waals surface area contributed by atoms with Crippen LogP contribution in [0.2, 0.25) is 0 Å². The Kier molecular flexibility index (Phi) is 4.62. The molecule has 2 aromatic carbocycles. The van der Waals surface area contributed by atoms with Gasteiger partial charge >= 0.3 is 0 Å². The Morgan fingerprint density at radius 1 is 1.04 bits per heavy atom. The summed E-state index contributed by atoms with van der Waals surface area (Å²) < 4.78 is 0. The van der Waals surface area contributed by atoms with Crippen LogP contribution in [0.25, 0.3) is 0 Å². The van der Waals surface area contributed by atoms with Crippen molar-refractivity contribution in [2.45, 2.75) is 12.8 Å². The maximum Gasteiger partial charge on any atom is 0.261 e. The van der Waals surface area contributed by atoms with Gasteiger partial charge in [-0.05, 0) is 36.8 Å². The summed E-state index contributed by atoms with van der Waals surface area (Å²) in [5, 5.41) is 2.76. The van der Waals surface area contributed by atoms with Gasteiger partial charge in [0.05, 0.1) is 11.1 Å². The predicted molar refractivity (Wildman–Crippen MR) is 94.0 cm³/mol. The second-order valence-corrected chi connectivity index (χ2v) is 5.68. The molecule has 3 rings (SSSR count). The third kappa shape index (κ3) is 3.43. The van der Waals surface area contributed by atoms with Gasteiger partial charge < -0.3 is 5.32 Å². The standard InChI is InChI=1S/C20H16N2O3/c1-2-14-7-5-8-15(13-14)21-18(23)11-6-12-22-19(24)16-9-3-4-10-17(16)20(22)25/h1,3-5,7-10,13H,6,11-12H2,(H,21,23). The van der Waals surface area contributed by atoms with Gasteiger partial charge in [0, 0.05) is 24.2 Å². The van der Waals surface area contributed by atoms with Crippen molar-refractivity contribution < 1.29 is 14.4 Å². The third-order valence-corrected chi connectivity index (χ3v) is 3.98. The van der Waals surface area contributed by atoms with Gasteiger partial charge in [-0.15, -0.1) is 6.42 Å². The minimum Gasteiger partial charge on any atom is -0.326 e. The molecule has 1 aliphatic rings. The van der Waals surface area contributed by atoms with Crippen molar-refractivity contribution >= 4 is 23.4 Å². The number of nitrogens with zero attached hydrogens (tertiary/aromatic N) is 1. The van der Waals surface area contributed by atoms with E-state index < -0.39 is 0 Å². The number of nitrogens with one attached hydrogen (secondary N) is 1. The highest BCUT2D eigenvalue weighted by Crippen LogP contribution is 2.22. The fourth-order valence-corrected chi connectivity index (χ4v) is 2.75. The zero-order valence-corrected chi connectivity index (χ0v) is 13.5. The topological polar surface area (TPSA) is 66.5 Å². The van der Waals surface area contributed by atoms with E-state index in [0.29, 0.717) is 28.8 Å². The van der Waals surface area contributed by atoms with Crippen molar-refractivity contribution in [1.29, 1.82) is 0 Å². The number of carbonyl (C=O) groups is 3. The average molecular weight is 332 g/mol. The SMILES string of the molecule is C#Cc1cccc(NC(=O)CCCN2C(=O)c3ccccc3C2=O)c1. The van der Waals surface area contributed by atoms with Crippen LogP contribution in [0.1, 0.15) is 39.1 Å². The second-order valence-electron chi connectivity index (χ2n) is 5.68. The minimum absolute atomic E-state index is 0.189. The van der Waals surface area contributed by atoms with E-state index in [-0.39, 0.29) is 30.7 Å². The third-order valence-electron chi connectivity index (χ3n) is 3.98. The summed E-state index contributed by atoms with van der Waals surface area (Å²) in [6.45, 7) is 0.212. The van der Waals surface area contributed by atoms with E-state index in [1.165, 1.54) is 4.90 Å². The van der Waals surface area contributed by atoms with Gasteiger partial charge in [-0.2, -0.15) is 0 Å². The molecule has 0 atom stereocenters. The lowest BCUT2D eigenvalue weighted by Gasteiger charge is -2.13. The van der Waals surface area contributed by atoms with Gasteiger partial charge in [0.2, 0.25) is 5.91 Å². The average Bonchev–Trinajstić information content (AvgIpc) is 2.87. The van der Waals surface area contributed by atoms with Crippen LogP contribution in [-0.2, 0) is 4.79 Å². The molecule has 25 heavy (non-hydrogen) atoms. The summed E-state index contributed by atoms with van der Waals surface area (Å²) in [5.41, 5.74) is 2.15. The summed E-state index contributed by atoms with van der Waals surface area (Å²) in [6, 6.07) is 13.7. The zero-order chi connectivity index (χ0) is 17.8. The molecule has 0 aromatic heterocycles. The first-order valence-corrected chi connectivity index (χ1v) is 7.92. The van der Waals surface area contributed by atoms with E-state index in [9.17, 15) is 14.4 Å². The smallest absolute Gasteiger partial charge is 0.261 e. The number of hydrogen-bond donors (Lipinski definition) is 1. The van der Waals surface area contributed by atoms with E-state index in [1.54, 1.807) is 48.5 Å². The Balaban J connectivity index is 1.53. The number of carbonyl (C=O) groups excluding carboxylic acids is 3. The predicted octanol–water partition coefficient (Wildman–Crippen LogP) is 2.68. The zero-order valence-electron chi connectivity index (χ0n) is 13.5. The summed E-state index contributed by atoms with van der Waals surface area (Å²) in [4.78, 5) is 37.7. The molecule has 1 heterocycles. The monoisotopic (exact) mass is 332 g/mol. The summed E-state index contributed by atoms with van der Waals surface area (Å²) in [6.07, 6.45) is 5.93. The molecule has 124 valence electrons. The molecule has 0 unspecified atom stereocenters. The molecule has 0 radical (unpaired) electrons. The molecule has 0 bridgehead atoms. The molecule has 1 N–H and O–H groups in total. The van der Waals surface area contributed by atoms with Crippen LogP contribution >= 0.6 is 0 Å². The van der Waals surface area contributed by atoms with E-state index in [2.05, 4.69) is 11.2 Å². The van der Waals surface area contributed by atoms with Crippen molar-refractivity contribution in [3.8, 4) is 12.3 Å². The highest BCUT2D eigenvalue weighted by atomic mass is 16.2. The van der Waals surface area contributed by atoms with Crippen LogP contribution in [0.5, 0.6) is 0 Å². The van der Waals surface area contributed by atoms with Crippen molar-refractivity contribution in [2.24, 2.45) is 0 Å². The molecular formula is C20H16N2O3. The van der Waals surface area contributed by atoms with E-state index in [0.717, 1.165) is 0 Å². The summed E-state index contributed by atoms with van der Waals surface area (Å²) in [5.74, 6) is 1.71. The molecule has 0 spiro atoms.